The van der Waals surface area contributed by atoms with Crippen molar-refractivity contribution in [1.82, 2.24) is 13.9 Å². The lowest BCUT2D eigenvalue weighted by Crippen LogP contribution is -2.57. The first kappa shape index (κ1) is 23.4. The lowest BCUT2D eigenvalue weighted by molar-refractivity contribution is -0.115. The minimum absolute atomic E-state index is 0. The Morgan fingerprint density at radius 1 is 1.09 bits per heavy atom. The summed E-state index contributed by atoms with van der Waals surface area (Å²) in [5.74, 6) is -0.235. The lowest BCUT2D eigenvalue weighted by atomic mass is 9.99. The van der Waals surface area contributed by atoms with Crippen LogP contribution in [-0.4, -0.2) is 66.1 Å². The van der Waals surface area contributed by atoms with Crippen molar-refractivity contribution < 1.29 is 18.0 Å². The highest BCUT2D eigenvalue weighted by atomic mass is 35.5. The summed E-state index contributed by atoms with van der Waals surface area (Å²) >= 11 is 0. The Kier molecular flexibility index (Phi) is 6.52. The molecule has 3 atom stereocenters. The highest BCUT2D eigenvalue weighted by Crippen LogP contribution is 2.39. The maximum atomic E-state index is 13.3. The van der Waals surface area contributed by atoms with E-state index < -0.39 is 10.2 Å². The summed E-state index contributed by atoms with van der Waals surface area (Å²) in [4.78, 5) is 24.4. The number of hydrogen-bond donors (Lipinski definition) is 3. The van der Waals surface area contributed by atoms with Crippen LogP contribution in [0.1, 0.15) is 54.4 Å². The normalized spacial score (nSPS) is 28.7. The number of rotatable bonds is 4. The molecule has 4 heterocycles. The molecule has 4 N–H and O–H groups in total. The minimum Gasteiger partial charge on any atom is -0.349 e. The Labute approximate surface area is 194 Å². The van der Waals surface area contributed by atoms with E-state index in [1.54, 1.807) is 26.8 Å². The Balaban J connectivity index is 0.00000245. The summed E-state index contributed by atoms with van der Waals surface area (Å²) in [5, 5.41) is 5.87. The SMILES string of the molecule is Cl.NC1CCN(S(=O)(=O)N2[C@@H]3CC[C@H]2C[C@H](NC(=O)c2ccc4c(c2)CC(=O)N4)C3)CC1. The van der Waals surface area contributed by atoms with E-state index in [1.165, 1.54) is 0 Å². The zero-order valence-corrected chi connectivity index (χ0v) is 19.5. The molecule has 1 aromatic carbocycles. The predicted molar refractivity (Wildman–Crippen MR) is 123 cm³/mol. The fourth-order valence-electron chi connectivity index (χ4n) is 5.51. The van der Waals surface area contributed by atoms with Crippen LogP contribution in [0.4, 0.5) is 5.69 Å². The number of amides is 2. The number of piperidine rings is 2. The van der Waals surface area contributed by atoms with Gasteiger partial charge in [-0.05, 0) is 62.3 Å². The molecule has 0 radical (unpaired) electrons. The van der Waals surface area contributed by atoms with Gasteiger partial charge in [-0.1, -0.05) is 0 Å². The van der Waals surface area contributed by atoms with Crippen molar-refractivity contribution >= 4 is 40.1 Å². The maximum absolute atomic E-state index is 13.3. The quantitative estimate of drug-likeness (QED) is 0.589. The number of fused-ring (bicyclic) bond motifs is 3. The number of nitrogens with zero attached hydrogens (tertiary/aromatic N) is 2. The zero-order chi connectivity index (χ0) is 21.8. The van der Waals surface area contributed by atoms with Gasteiger partial charge in [0, 0.05) is 48.5 Å². The zero-order valence-electron chi connectivity index (χ0n) is 17.8. The van der Waals surface area contributed by atoms with E-state index >= 15 is 0 Å². The molecule has 3 saturated heterocycles. The first-order valence-electron chi connectivity index (χ1n) is 11.1. The van der Waals surface area contributed by atoms with Gasteiger partial charge in [0.05, 0.1) is 6.42 Å². The summed E-state index contributed by atoms with van der Waals surface area (Å²) in [5.41, 5.74) is 8.06. The number of anilines is 1. The van der Waals surface area contributed by atoms with Crippen LogP contribution in [0.2, 0.25) is 0 Å². The molecule has 0 spiro atoms. The van der Waals surface area contributed by atoms with Crippen molar-refractivity contribution in [2.75, 3.05) is 18.4 Å². The summed E-state index contributed by atoms with van der Waals surface area (Å²) in [6.45, 7) is 0.963. The van der Waals surface area contributed by atoms with Crippen LogP contribution in [0.3, 0.4) is 0 Å². The topological polar surface area (TPSA) is 125 Å². The molecule has 11 heteroatoms. The first-order valence-corrected chi connectivity index (χ1v) is 12.5. The van der Waals surface area contributed by atoms with Crippen molar-refractivity contribution in [2.45, 2.75) is 69.1 Å². The molecule has 9 nitrogen and oxygen atoms in total. The lowest BCUT2D eigenvalue weighted by Gasteiger charge is -2.41. The van der Waals surface area contributed by atoms with E-state index in [0.717, 1.165) is 24.1 Å². The highest BCUT2D eigenvalue weighted by Gasteiger charge is 2.49. The van der Waals surface area contributed by atoms with Gasteiger partial charge in [0.25, 0.3) is 16.1 Å². The second-order valence-electron chi connectivity index (χ2n) is 9.20. The van der Waals surface area contributed by atoms with Crippen LogP contribution in [-0.2, 0) is 21.4 Å². The van der Waals surface area contributed by atoms with Crippen LogP contribution in [0.25, 0.3) is 0 Å². The van der Waals surface area contributed by atoms with Crippen molar-refractivity contribution in [2.24, 2.45) is 5.73 Å². The first-order chi connectivity index (χ1) is 14.8. The van der Waals surface area contributed by atoms with Gasteiger partial charge in [-0.2, -0.15) is 17.0 Å². The summed E-state index contributed by atoms with van der Waals surface area (Å²) in [7, 11) is -3.50. The molecule has 3 fully saturated rings. The molecule has 4 aliphatic heterocycles. The maximum Gasteiger partial charge on any atom is 0.282 e. The molecule has 4 aliphatic rings. The van der Waals surface area contributed by atoms with Gasteiger partial charge in [0.1, 0.15) is 0 Å². The Hall–Kier alpha value is -1.72. The van der Waals surface area contributed by atoms with Crippen molar-refractivity contribution in [3.8, 4) is 0 Å². The van der Waals surface area contributed by atoms with E-state index in [4.69, 9.17) is 5.73 Å². The van der Waals surface area contributed by atoms with E-state index in [0.29, 0.717) is 44.3 Å². The van der Waals surface area contributed by atoms with E-state index in [1.807, 2.05) is 0 Å². The fraction of sp³-hybridized carbons (Fsp3) is 0.619. The standard InChI is InChI=1S/C21H29N5O4S.ClH/c22-15-5-7-25(8-6-15)31(29,30)26-17-2-3-18(26)12-16(11-17)23-21(28)13-1-4-19-14(9-13)10-20(27)24-19;/h1,4,9,15-18H,2-3,5-8,10-12,22H2,(H,23,28)(H,24,27);1H/t16-,17-,18+;. The van der Waals surface area contributed by atoms with Crippen molar-refractivity contribution in [3.05, 3.63) is 29.3 Å². The molecular formula is C21H30ClN5O4S. The van der Waals surface area contributed by atoms with Gasteiger partial charge in [0.15, 0.2) is 0 Å². The van der Waals surface area contributed by atoms with Gasteiger partial charge >= 0.3 is 0 Å². The summed E-state index contributed by atoms with van der Waals surface area (Å²) < 4.78 is 29.9. The van der Waals surface area contributed by atoms with Gasteiger partial charge in [-0.3, -0.25) is 9.59 Å². The van der Waals surface area contributed by atoms with E-state index in [-0.39, 0.29) is 54.8 Å². The molecule has 5 rings (SSSR count). The minimum atomic E-state index is -3.50. The largest absolute Gasteiger partial charge is 0.349 e. The molecule has 0 aromatic heterocycles. The number of nitrogens with one attached hydrogen (secondary N) is 2. The number of halogens is 1. The molecule has 32 heavy (non-hydrogen) atoms. The predicted octanol–water partition coefficient (Wildman–Crippen LogP) is 0.996. The number of nitrogens with two attached hydrogens (primary N) is 1. The molecule has 2 bridgehead atoms. The Morgan fingerprint density at radius 3 is 2.41 bits per heavy atom. The van der Waals surface area contributed by atoms with E-state index in [9.17, 15) is 18.0 Å². The van der Waals surface area contributed by atoms with Gasteiger partial charge < -0.3 is 16.4 Å². The number of benzene rings is 1. The Morgan fingerprint density at radius 2 is 1.75 bits per heavy atom. The third-order valence-corrected chi connectivity index (χ3v) is 9.23. The third kappa shape index (κ3) is 4.26. The van der Waals surface area contributed by atoms with Crippen molar-refractivity contribution in [1.29, 1.82) is 0 Å². The molecule has 0 aliphatic carbocycles. The average Bonchev–Trinajstić information content (AvgIpc) is 3.24. The summed E-state index contributed by atoms with van der Waals surface area (Å²) in [6.07, 6.45) is 4.59. The van der Waals surface area contributed by atoms with Crippen LogP contribution < -0.4 is 16.4 Å². The van der Waals surface area contributed by atoms with E-state index in [2.05, 4.69) is 10.6 Å². The van der Waals surface area contributed by atoms with Gasteiger partial charge in [0.2, 0.25) is 5.91 Å². The summed E-state index contributed by atoms with van der Waals surface area (Å²) in [6, 6.07) is 5.11. The third-order valence-electron chi connectivity index (χ3n) is 7.09. The smallest absolute Gasteiger partial charge is 0.282 e. The Bertz CT molecular complexity index is 997. The second kappa shape index (κ2) is 8.90. The van der Waals surface area contributed by atoms with Crippen LogP contribution in [0.15, 0.2) is 18.2 Å². The number of hydrogen-bond acceptors (Lipinski definition) is 5. The molecule has 0 saturated carbocycles. The molecule has 1 aromatic rings. The van der Waals surface area contributed by atoms with Gasteiger partial charge in [-0.15, -0.1) is 12.4 Å². The molecule has 0 unspecified atom stereocenters. The highest BCUT2D eigenvalue weighted by molar-refractivity contribution is 7.86. The fourth-order valence-corrected chi connectivity index (χ4v) is 7.58. The van der Waals surface area contributed by atoms with Crippen LogP contribution in [0.5, 0.6) is 0 Å². The molecular weight excluding hydrogens is 454 g/mol. The molecule has 176 valence electrons. The average molecular weight is 484 g/mol. The van der Waals surface area contributed by atoms with Crippen LogP contribution >= 0.6 is 12.4 Å². The van der Waals surface area contributed by atoms with Gasteiger partial charge in [-0.25, -0.2) is 0 Å². The number of carbonyl (C=O) groups is 2. The monoisotopic (exact) mass is 483 g/mol. The molecule has 2 amide bonds. The van der Waals surface area contributed by atoms with Crippen LogP contribution in [0, 0.1) is 0 Å². The van der Waals surface area contributed by atoms with Crippen molar-refractivity contribution in [3.63, 3.8) is 0 Å². The number of carbonyl (C=O) groups excluding carboxylic acids is 2. The second-order valence-corrected chi connectivity index (χ2v) is 11.0.